The Balaban J connectivity index is 2.45. The molecule has 2 rings (SSSR count). The van der Waals surface area contributed by atoms with Crippen LogP contribution >= 0.6 is 59.1 Å². The molecule has 0 spiro atoms. The summed E-state index contributed by atoms with van der Waals surface area (Å²) in [6, 6.07) is 3.43. The van der Waals surface area contributed by atoms with Crippen LogP contribution in [0, 0.1) is 0 Å². The number of ketones is 1. The van der Waals surface area contributed by atoms with Gasteiger partial charge in [-0.2, -0.15) is 0 Å². The molecule has 0 radical (unpaired) electrons. The largest absolute Gasteiger partial charge is 0.457 e. The molecule has 0 bridgehead atoms. The van der Waals surface area contributed by atoms with Gasteiger partial charge in [0.25, 0.3) is 0 Å². The van der Waals surface area contributed by atoms with E-state index in [1.165, 1.54) is 17.6 Å². The van der Waals surface area contributed by atoms with Crippen molar-refractivity contribution in [2.45, 2.75) is 0 Å². The number of carbonyl (C=O) groups is 1. The molecule has 0 aromatic carbocycles. The Bertz CT molecular complexity index is 515. The van der Waals surface area contributed by atoms with Crippen molar-refractivity contribution >= 4 is 64.9 Å². The van der Waals surface area contributed by atoms with Crippen LogP contribution in [0.15, 0.2) is 35.1 Å². The average molecular weight is 415 g/mol. The Kier molecular flexibility index (Phi) is 3.49. The van der Waals surface area contributed by atoms with Gasteiger partial charge in [0.2, 0.25) is 0 Å². The van der Waals surface area contributed by atoms with E-state index in [9.17, 15) is 4.79 Å². The first-order valence-electron chi connectivity index (χ1n) is 3.82. The molecular formula is C9H3Br3O2S. The topological polar surface area (TPSA) is 30.2 Å². The first-order valence-corrected chi connectivity index (χ1v) is 7.01. The first kappa shape index (κ1) is 11.6. The molecule has 6 heteroatoms. The zero-order valence-electron chi connectivity index (χ0n) is 7.09. The van der Waals surface area contributed by atoms with Crippen molar-refractivity contribution in [3.05, 3.63) is 41.8 Å². The predicted octanol–water partition coefficient (Wildman–Crippen LogP) is 4.86. The first-order chi connectivity index (χ1) is 7.09. The monoisotopic (exact) mass is 412 g/mol. The summed E-state index contributed by atoms with van der Waals surface area (Å²) in [6.45, 7) is 0. The molecule has 78 valence electrons. The Morgan fingerprint density at radius 3 is 2.47 bits per heavy atom. The van der Waals surface area contributed by atoms with E-state index in [-0.39, 0.29) is 5.78 Å². The molecule has 0 N–H and O–H groups in total. The maximum absolute atomic E-state index is 12.0. The van der Waals surface area contributed by atoms with Gasteiger partial charge in [0.05, 0.1) is 19.4 Å². The maximum Gasteiger partial charge on any atom is 0.199 e. The summed E-state index contributed by atoms with van der Waals surface area (Å²) in [5.41, 5.74) is 1.16. The van der Waals surface area contributed by atoms with Crippen LogP contribution in [-0.2, 0) is 0 Å². The van der Waals surface area contributed by atoms with Crippen molar-refractivity contribution in [2.24, 2.45) is 0 Å². The third-order valence-corrected chi connectivity index (χ3v) is 4.72. The number of thiophene rings is 1. The van der Waals surface area contributed by atoms with Crippen LogP contribution in [0.1, 0.15) is 15.9 Å². The zero-order chi connectivity index (χ0) is 11.0. The van der Waals surface area contributed by atoms with Crippen LogP contribution in [0.3, 0.4) is 0 Å². The molecule has 0 saturated carbocycles. The van der Waals surface area contributed by atoms with Crippen LogP contribution in [-0.4, -0.2) is 5.78 Å². The third kappa shape index (κ3) is 2.27. The summed E-state index contributed by atoms with van der Waals surface area (Å²) < 4.78 is 7.21. The van der Waals surface area contributed by atoms with E-state index in [4.69, 9.17) is 4.42 Å². The standard InChI is InChI=1S/C9H3Br3O2S/c10-6-3-5(9(12)15-6)7(13)4-1-2-14-8(4)11/h1-3H. The van der Waals surface area contributed by atoms with Crippen LogP contribution in [0.5, 0.6) is 0 Å². The summed E-state index contributed by atoms with van der Waals surface area (Å²) in [5.74, 6) is -0.0653. The highest BCUT2D eigenvalue weighted by molar-refractivity contribution is 9.12. The smallest absolute Gasteiger partial charge is 0.199 e. The van der Waals surface area contributed by atoms with Gasteiger partial charge in [-0.25, -0.2) is 0 Å². The van der Waals surface area contributed by atoms with E-state index in [1.807, 2.05) is 0 Å². The lowest BCUT2D eigenvalue weighted by atomic mass is 10.1. The van der Waals surface area contributed by atoms with Gasteiger partial charge in [-0.1, -0.05) is 0 Å². The Hall–Kier alpha value is 0.0900. The normalized spacial score (nSPS) is 10.6. The third-order valence-electron chi connectivity index (χ3n) is 1.76. The van der Waals surface area contributed by atoms with E-state index in [2.05, 4.69) is 47.8 Å². The fraction of sp³-hybridized carbons (Fsp3) is 0. The number of furan rings is 1. The Morgan fingerprint density at radius 2 is 2.00 bits per heavy atom. The highest BCUT2D eigenvalue weighted by Crippen LogP contribution is 2.34. The molecule has 0 atom stereocenters. The van der Waals surface area contributed by atoms with Gasteiger partial charge in [0.1, 0.15) is 0 Å². The highest BCUT2D eigenvalue weighted by Gasteiger charge is 2.19. The second-order valence-electron chi connectivity index (χ2n) is 2.67. The molecule has 0 fully saturated rings. The summed E-state index contributed by atoms with van der Waals surface area (Å²) >= 11 is 11.3. The van der Waals surface area contributed by atoms with E-state index in [0.29, 0.717) is 15.8 Å². The highest BCUT2D eigenvalue weighted by atomic mass is 79.9. The summed E-state index contributed by atoms with van der Waals surface area (Å²) in [6.07, 6.45) is 1.48. The molecule has 0 unspecified atom stereocenters. The fourth-order valence-electron chi connectivity index (χ4n) is 1.10. The Labute approximate surface area is 115 Å². The van der Waals surface area contributed by atoms with Crippen molar-refractivity contribution in [1.82, 2.24) is 0 Å². The number of carbonyl (C=O) groups excluding carboxylic acids is 1. The van der Waals surface area contributed by atoms with E-state index in [1.54, 1.807) is 12.1 Å². The van der Waals surface area contributed by atoms with E-state index >= 15 is 0 Å². The lowest BCUT2D eigenvalue weighted by molar-refractivity contribution is 0.103. The average Bonchev–Trinajstić information content (AvgIpc) is 2.71. The number of hydrogen-bond acceptors (Lipinski definition) is 3. The number of rotatable bonds is 2. The lowest BCUT2D eigenvalue weighted by Crippen LogP contribution is -1.99. The molecule has 15 heavy (non-hydrogen) atoms. The van der Waals surface area contributed by atoms with Crippen LogP contribution < -0.4 is 0 Å². The number of halogens is 3. The predicted molar refractivity (Wildman–Crippen MR) is 69.6 cm³/mol. The second kappa shape index (κ2) is 4.53. The second-order valence-corrected chi connectivity index (χ2v) is 7.14. The van der Waals surface area contributed by atoms with Crippen molar-refractivity contribution in [3.63, 3.8) is 0 Å². The Morgan fingerprint density at radius 1 is 1.27 bits per heavy atom. The van der Waals surface area contributed by atoms with Crippen molar-refractivity contribution in [2.75, 3.05) is 0 Å². The zero-order valence-corrected chi connectivity index (χ0v) is 12.7. The van der Waals surface area contributed by atoms with Crippen molar-refractivity contribution in [3.8, 4) is 0 Å². The van der Waals surface area contributed by atoms with Crippen molar-refractivity contribution in [1.29, 1.82) is 0 Å². The van der Waals surface area contributed by atoms with E-state index < -0.39 is 0 Å². The molecule has 0 aliphatic carbocycles. The van der Waals surface area contributed by atoms with Crippen molar-refractivity contribution < 1.29 is 9.21 Å². The van der Waals surface area contributed by atoms with Gasteiger partial charge >= 0.3 is 0 Å². The quantitative estimate of drug-likeness (QED) is 0.657. The summed E-state index contributed by atoms with van der Waals surface area (Å²) in [4.78, 5) is 12.0. The minimum atomic E-state index is -0.0653. The summed E-state index contributed by atoms with van der Waals surface area (Å²) in [7, 11) is 0. The van der Waals surface area contributed by atoms with E-state index in [0.717, 1.165) is 7.57 Å². The molecule has 0 saturated heterocycles. The fourth-order valence-corrected chi connectivity index (χ4v) is 4.31. The number of hydrogen-bond donors (Lipinski definition) is 0. The maximum atomic E-state index is 12.0. The lowest BCUT2D eigenvalue weighted by Gasteiger charge is -1.95. The van der Waals surface area contributed by atoms with Gasteiger partial charge in [-0.3, -0.25) is 4.79 Å². The molecule has 2 nitrogen and oxygen atoms in total. The molecular weight excluding hydrogens is 412 g/mol. The van der Waals surface area contributed by atoms with Gasteiger partial charge in [0.15, 0.2) is 10.5 Å². The molecule has 0 aliphatic heterocycles. The molecule has 0 amide bonds. The van der Waals surface area contributed by atoms with Gasteiger partial charge < -0.3 is 4.42 Å². The molecule has 2 heterocycles. The molecule has 0 aliphatic rings. The van der Waals surface area contributed by atoms with Crippen LogP contribution in [0.2, 0.25) is 0 Å². The van der Waals surface area contributed by atoms with Crippen LogP contribution in [0.25, 0.3) is 0 Å². The molecule has 2 aromatic rings. The van der Waals surface area contributed by atoms with Crippen LogP contribution in [0.4, 0.5) is 0 Å². The van der Waals surface area contributed by atoms with Gasteiger partial charge in [-0.15, -0.1) is 11.3 Å². The minimum absolute atomic E-state index is 0.0653. The molecule has 2 aromatic heterocycles. The van der Waals surface area contributed by atoms with Gasteiger partial charge in [0, 0.05) is 5.56 Å². The summed E-state index contributed by atoms with van der Waals surface area (Å²) in [5, 5.41) is 0. The minimum Gasteiger partial charge on any atom is -0.457 e. The van der Waals surface area contributed by atoms with Gasteiger partial charge in [-0.05, 0) is 59.9 Å². The SMILES string of the molecule is O=C(c1ccoc1Br)c1cc(Br)sc1Br.